The van der Waals surface area contributed by atoms with Gasteiger partial charge in [-0.1, -0.05) is 44.5 Å². The van der Waals surface area contributed by atoms with E-state index in [1.807, 2.05) is 6.07 Å². The molecule has 2 heterocycles. The van der Waals surface area contributed by atoms with Gasteiger partial charge in [0.05, 0.1) is 11.5 Å². The molecule has 1 spiro atoms. The predicted octanol–water partition coefficient (Wildman–Crippen LogP) is 4.59. The minimum absolute atomic E-state index is 0.0664. The number of hydrogen-bond acceptors (Lipinski definition) is 3. The second-order valence-electron chi connectivity index (χ2n) is 10.3. The van der Waals surface area contributed by atoms with Crippen molar-refractivity contribution in [2.45, 2.75) is 51.1 Å². The second-order valence-corrected chi connectivity index (χ2v) is 10.7. The van der Waals surface area contributed by atoms with E-state index in [0.717, 1.165) is 5.56 Å². The minimum atomic E-state index is -0.967. The van der Waals surface area contributed by atoms with Gasteiger partial charge in [0.2, 0.25) is 11.8 Å². The van der Waals surface area contributed by atoms with Gasteiger partial charge in [-0.15, -0.1) is 0 Å². The minimum Gasteiger partial charge on any atom is -0.347 e. The molecule has 32 heavy (non-hydrogen) atoms. The highest BCUT2D eigenvalue weighted by molar-refractivity contribution is 6.31. The van der Waals surface area contributed by atoms with Gasteiger partial charge in [-0.25, -0.2) is 4.39 Å². The van der Waals surface area contributed by atoms with Crippen LogP contribution in [0.25, 0.3) is 11.1 Å². The van der Waals surface area contributed by atoms with Crippen molar-refractivity contribution in [3.63, 3.8) is 0 Å². The quantitative estimate of drug-likeness (QED) is 0.708. The van der Waals surface area contributed by atoms with Crippen molar-refractivity contribution in [3.8, 4) is 11.1 Å². The largest absolute Gasteiger partial charge is 0.347 e. The van der Waals surface area contributed by atoms with Crippen LogP contribution in [0.5, 0.6) is 0 Å². The van der Waals surface area contributed by atoms with Gasteiger partial charge < -0.3 is 15.5 Å². The summed E-state index contributed by atoms with van der Waals surface area (Å²) in [7, 11) is 3.43. The summed E-state index contributed by atoms with van der Waals surface area (Å²) in [6, 6.07) is 9.05. The lowest BCUT2D eigenvalue weighted by Gasteiger charge is -2.34. The first-order valence-corrected chi connectivity index (χ1v) is 11.2. The van der Waals surface area contributed by atoms with Crippen LogP contribution in [0.4, 0.5) is 10.1 Å². The van der Waals surface area contributed by atoms with E-state index in [0.29, 0.717) is 34.7 Å². The summed E-state index contributed by atoms with van der Waals surface area (Å²) in [5.41, 5.74) is 1.72. The van der Waals surface area contributed by atoms with Crippen LogP contribution in [0.3, 0.4) is 0 Å². The number of carbonyl (C=O) groups excluding carboxylic acids is 2. The highest BCUT2D eigenvalue weighted by Crippen LogP contribution is 2.53. The first kappa shape index (κ1) is 22.7. The Morgan fingerprint density at radius 1 is 1.25 bits per heavy atom. The molecular weight excluding hydrogens is 429 g/mol. The fraction of sp³-hybridized carbons (Fsp3) is 0.440. The highest BCUT2D eigenvalue weighted by atomic mass is 35.5. The summed E-state index contributed by atoms with van der Waals surface area (Å²) in [5, 5.41) is 6.95. The third-order valence-corrected chi connectivity index (χ3v) is 6.64. The van der Waals surface area contributed by atoms with Crippen LogP contribution >= 0.6 is 11.6 Å². The van der Waals surface area contributed by atoms with E-state index in [2.05, 4.69) is 31.4 Å². The van der Waals surface area contributed by atoms with E-state index in [9.17, 15) is 14.0 Å². The molecule has 2 aromatic carbocycles. The van der Waals surface area contributed by atoms with E-state index in [4.69, 9.17) is 11.6 Å². The number of rotatable bonds is 3. The SMILES string of the molecule is CN(C)C(=O)C1CC2(C(=O)Nc3cc(Cl)cc(-c4cccc(F)c4)c32)C(CC(C)(C)C)N1. The van der Waals surface area contributed by atoms with Crippen molar-refractivity contribution >= 4 is 29.1 Å². The van der Waals surface area contributed by atoms with Crippen LogP contribution < -0.4 is 10.6 Å². The molecule has 1 saturated heterocycles. The number of anilines is 1. The molecule has 3 atom stereocenters. The fourth-order valence-electron chi connectivity index (χ4n) is 5.17. The number of nitrogens with zero attached hydrogens (tertiary/aromatic N) is 1. The number of hydrogen-bond donors (Lipinski definition) is 2. The first-order chi connectivity index (χ1) is 14.9. The second kappa shape index (κ2) is 7.85. The smallest absolute Gasteiger partial charge is 0.239 e. The van der Waals surface area contributed by atoms with Gasteiger partial charge in [0, 0.05) is 36.4 Å². The standard InChI is InChI=1S/C25H29ClFN3O2/c1-24(2,3)13-20-25(12-19(28-20)22(31)30(4)5)21-17(14-7-6-8-16(27)9-14)10-15(26)11-18(21)29-23(25)32/h6-11,19-20,28H,12-13H2,1-5H3,(H,29,32). The van der Waals surface area contributed by atoms with Crippen LogP contribution in [0, 0.1) is 11.2 Å². The van der Waals surface area contributed by atoms with Crippen molar-refractivity contribution in [2.75, 3.05) is 19.4 Å². The lowest BCUT2D eigenvalue weighted by Crippen LogP contribution is -2.48. The Morgan fingerprint density at radius 2 is 1.97 bits per heavy atom. The van der Waals surface area contributed by atoms with Crippen molar-refractivity contribution in [2.24, 2.45) is 5.41 Å². The average molecular weight is 458 g/mol. The van der Waals surface area contributed by atoms with Crippen LogP contribution in [0.2, 0.25) is 5.02 Å². The van der Waals surface area contributed by atoms with Crippen LogP contribution in [-0.4, -0.2) is 42.9 Å². The van der Waals surface area contributed by atoms with Gasteiger partial charge >= 0.3 is 0 Å². The zero-order chi connectivity index (χ0) is 23.4. The lowest BCUT2D eigenvalue weighted by atomic mass is 9.68. The highest BCUT2D eigenvalue weighted by Gasteiger charge is 2.60. The Labute approximate surface area is 193 Å². The van der Waals surface area contributed by atoms with Crippen molar-refractivity contribution in [1.29, 1.82) is 0 Å². The molecule has 0 saturated carbocycles. The number of halogens is 2. The average Bonchev–Trinajstić information content (AvgIpc) is 3.18. The molecule has 0 radical (unpaired) electrons. The van der Waals surface area contributed by atoms with E-state index >= 15 is 0 Å². The summed E-state index contributed by atoms with van der Waals surface area (Å²) in [4.78, 5) is 28.1. The molecule has 0 aliphatic carbocycles. The molecule has 4 rings (SSSR count). The molecule has 2 aromatic rings. The molecular formula is C25H29ClFN3O2. The molecule has 0 bridgehead atoms. The topological polar surface area (TPSA) is 61.4 Å². The summed E-state index contributed by atoms with van der Waals surface area (Å²) >= 11 is 6.40. The van der Waals surface area contributed by atoms with E-state index in [1.165, 1.54) is 12.1 Å². The maximum absolute atomic E-state index is 14.1. The molecule has 2 aliphatic rings. The summed E-state index contributed by atoms with van der Waals surface area (Å²) in [5.74, 6) is -0.578. The summed E-state index contributed by atoms with van der Waals surface area (Å²) in [6.45, 7) is 6.35. The first-order valence-electron chi connectivity index (χ1n) is 10.8. The van der Waals surface area contributed by atoms with Gasteiger partial charge in [0.15, 0.2) is 0 Å². The molecule has 2 amide bonds. The number of nitrogens with one attached hydrogen (secondary N) is 2. The number of benzene rings is 2. The van der Waals surface area contributed by atoms with E-state index < -0.39 is 11.5 Å². The zero-order valence-corrected chi connectivity index (χ0v) is 19.8. The Morgan fingerprint density at radius 3 is 2.59 bits per heavy atom. The van der Waals surface area contributed by atoms with Gasteiger partial charge in [0.1, 0.15) is 5.82 Å². The maximum atomic E-state index is 14.1. The Kier molecular flexibility index (Phi) is 5.58. The fourth-order valence-corrected chi connectivity index (χ4v) is 5.39. The van der Waals surface area contributed by atoms with Gasteiger partial charge in [0.25, 0.3) is 0 Å². The Hall–Kier alpha value is -2.44. The summed E-state index contributed by atoms with van der Waals surface area (Å²) in [6.07, 6.45) is 1.01. The lowest BCUT2D eigenvalue weighted by molar-refractivity contribution is -0.130. The third kappa shape index (κ3) is 3.80. The molecule has 0 aromatic heterocycles. The van der Waals surface area contributed by atoms with Crippen molar-refractivity contribution in [3.05, 3.63) is 52.8 Å². The van der Waals surface area contributed by atoms with Crippen molar-refractivity contribution in [1.82, 2.24) is 10.2 Å². The van der Waals surface area contributed by atoms with Crippen LogP contribution in [0.15, 0.2) is 36.4 Å². The molecule has 3 unspecified atom stereocenters. The number of carbonyl (C=O) groups is 2. The van der Waals surface area contributed by atoms with Gasteiger partial charge in [-0.3, -0.25) is 9.59 Å². The number of amides is 2. The normalized spacial score (nSPS) is 24.5. The Bertz CT molecular complexity index is 1100. The molecule has 170 valence electrons. The maximum Gasteiger partial charge on any atom is 0.239 e. The number of fused-ring (bicyclic) bond motifs is 2. The van der Waals surface area contributed by atoms with E-state index in [-0.39, 0.29) is 29.1 Å². The van der Waals surface area contributed by atoms with Gasteiger partial charge in [-0.2, -0.15) is 0 Å². The van der Waals surface area contributed by atoms with Gasteiger partial charge in [-0.05, 0) is 53.6 Å². The molecule has 2 N–H and O–H groups in total. The Balaban J connectivity index is 1.94. The molecule has 2 aliphatic heterocycles. The van der Waals surface area contributed by atoms with E-state index in [1.54, 1.807) is 37.2 Å². The monoisotopic (exact) mass is 457 g/mol. The van der Waals surface area contributed by atoms with Crippen molar-refractivity contribution < 1.29 is 14.0 Å². The van der Waals surface area contributed by atoms with Crippen LogP contribution in [-0.2, 0) is 15.0 Å². The molecule has 5 nitrogen and oxygen atoms in total. The zero-order valence-electron chi connectivity index (χ0n) is 19.1. The summed E-state index contributed by atoms with van der Waals surface area (Å²) < 4.78 is 14.1. The number of likely N-dealkylation sites (N-methyl/N-ethyl adjacent to an activating group) is 1. The predicted molar refractivity (Wildman–Crippen MR) is 125 cm³/mol. The molecule has 7 heteroatoms. The molecule has 1 fully saturated rings. The third-order valence-electron chi connectivity index (χ3n) is 6.42. The van der Waals surface area contributed by atoms with Crippen LogP contribution in [0.1, 0.15) is 39.2 Å².